The van der Waals surface area contributed by atoms with Crippen LogP contribution >= 0.6 is 11.8 Å². The van der Waals surface area contributed by atoms with Crippen molar-refractivity contribution in [1.29, 1.82) is 0 Å². The van der Waals surface area contributed by atoms with Gasteiger partial charge in [-0.05, 0) is 43.2 Å². The van der Waals surface area contributed by atoms with Gasteiger partial charge in [0.2, 0.25) is 5.89 Å². The van der Waals surface area contributed by atoms with E-state index in [0.29, 0.717) is 11.1 Å². The first kappa shape index (κ1) is 13.0. The molecule has 2 N–H and O–H groups in total. The van der Waals surface area contributed by atoms with Gasteiger partial charge in [0.05, 0.1) is 0 Å². The largest absolute Gasteiger partial charge is 0.416 e. The zero-order chi connectivity index (χ0) is 13.1. The van der Waals surface area contributed by atoms with E-state index in [9.17, 15) is 0 Å². The maximum absolute atomic E-state index is 5.77. The van der Waals surface area contributed by atoms with Crippen molar-refractivity contribution in [2.24, 2.45) is 5.73 Å². The second-order valence-corrected chi connectivity index (χ2v) is 5.28. The number of rotatable bonds is 4. The maximum atomic E-state index is 5.77. The molecule has 0 saturated carbocycles. The number of hydrogen-bond donors (Lipinski definition) is 1. The summed E-state index contributed by atoms with van der Waals surface area (Å²) in [6.07, 6.45) is 2.68. The van der Waals surface area contributed by atoms with Crippen LogP contribution in [0.3, 0.4) is 0 Å². The highest BCUT2D eigenvalue weighted by Crippen LogP contribution is 2.27. The van der Waals surface area contributed by atoms with E-state index >= 15 is 0 Å². The molecular formula is C12H16N4OS. The molecule has 0 saturated heterocycles. The Morgan fingerprint density at radius 2 is 2.17 bits per heavy atom. The molecule has 0 aliphatic carbocycles. The van der Waals surface area contributed by atoms with Crippen molar-refractivity contribution >= 4 is 11.8 Å². The van der Waals surface area contributed by atoms with E-state index < -0.39 is 0 Å². The summed E-state index contributed by atoms with van der Waals surface area (Å²) >= 11 is 1.38. The standard InChI is InChI=1S/C12H16N4OS/c1-7-4-10(5-8(2)13)6-14-11(7)18-12-16-15-9(3)17-12/h4,6,8H,5,13H2,1-3H3. The fourth-order valence-electron chi connectivity index (χ4n) is 1.61. The van der Waals surface area contributed by atoms with Crippen molar-refractivity contribution < 1.29 is 4.42 Å². The normalized spacial score (nSPS) is 12.7. The van der Waals surface area contributed by atoms with Gasteiger partial charge in [0.1, 0.15) is 5.03 Å². The Labute approximate surface area is 110 Å². The fraction of sp³-hybridized carbons (Fsp3) is 0.417. The zero-order valence-corrected chi connectivity index (χ0v) is 11.5. The second-order valence-electron chi connectivity index (χ2n) is 4.34. The molecule has 2 aromatic heterocycles. The van der Waals surface area contributed by atoms with E-state index in [0.717, 1.165) is 22.6 Å². The summed E-state index contributed by atoms with van der Waals surface area (Å²) in [7, 11) is 0. The van der Waals surface area contributed by atoms with Gasteiger partial charge >= 0.3 is 0 Å². The molecular weight excluding hydrogens is 248 g/mol. The highest BCUT2D eigenvalue weighted by molar-refractivity contribution is 7.99. The first-order chi connectivity index (χ1) is 8.54. The molecule has 1 atom stereocenters. The highest BCUT2D eigenvalue weighted by Gasteiger charge is 2.09. The SMILES string of the molecule is Cc1nnc(Sc2ncc(CC(C)N)cc2C)o1. The van der Waals surface area contributed by atoms with Crippen molar-refractivity contribution in [1.82, 2.24) is 15.2 Å². The van der Waals surface area contributed by atoms with E-state index in [1.165, 1.54) is 11.8 Å². The molecule has 2 rings (SSSR count). The van der Waals surface area contributed by atoms with Gasteiger partial charge in [0, 0.05) is 19.2 Å². The highest BCUT2D eigenvalue weighted by atomic mass is 32.2. The van der Waals surface area contributed by atoms with Crippen LogP contribution in [0.25, 0.3) is 0 Å². The van der Waals surface area contributed by atoms with Crippen LogP contribution in [0.5, 0.6) is 0 Å². The molecule has 0 fully saturated rings. The molecule has 96 valence electrons. The summed E-state index contributed by atoms with van der Waals surface area (Å²) in [4.78, 5) is 4.42. The van der Waals surface area contributed by atoms with Crippen LogP contribution in [-0.2, 0) is 6.42 Å². The van der Waals surface area contributed by atoms with E-state index in [4.69, 9.17) is 10.2 Å². The zero-order valence-electron chi connectivity index (χ0n) is 10.7. The molecule has 18 heavy (non-hydrogen) atoms. The molecule has 2 aromatic rings. The molecule has 2 heterocycles. The van der Waals surface area contributed by atoms with Crippen molar-refractivity contribution in [2.45, 2.75) is 43.5 Å². The Bertz CT molecular complexity index is 539. The van der Waals surface area contributed by atoms with Gasteiger partial charge in [-0.1, -0.05) is 6.07 Å². The van der Waals surface area contributed by atoms with E-state index in [2.05, 4.69) is 21.2 Å². The first-order valence-corrected chi connectivity index (χ1v) is 6.55. The predicted octanol–water partition coefficient (Wildman–Crippen LogP) is 2.12. The Balaban J connectivity index is 2.14. The Morgan fingerprint density at radius 3 is 2.72 bits per heavy atom. The van der Waals surface area contributed by atoms with E-state index in [1.54, 1.807) is 6.92 Å². The number of hydrogen-bond acceptors (Lipinski definition) is 6. The van der Waals surface area contributed by atoms with Crippen LogP contribution in [0, 0.1) is 13.8 Å². The van der Waals surface area contributed by atoms with Crippen molar-refractivity contribution in [3.63, 3.8) is 0 Å². The molecule has 0 aromatic carbocycles. The summed E-state index contributed by atoms with van der Waals surface area (Å²) in [5.41, 5.74) is 8.01. The molecule has 1 unspecified atom stereocenters. The van der Waals surface area contributed by atoms with Gasteiger partial charge in [-0.25, -0.2) is 4.98 Å². The minimum absolute atomic E-state index is 0.142. The minimum atomic E-state index is 0.142. The summed E-state index contributed by atoms with van der Waals surface area (Å²) in [5.74, 6) is 0.559. The van der Waals surface area contributed by atoms with E-state index in [1.807, 2.05) is 20.0 Å². The van der Waals surface area contributed by atoms with Crippen LogP contribution in [0.1, 0.15) is 23.9 Å². The smallest absolute Gasteiger partial charge is 0.282 e. The number of nitrogens with two attached hydrogens (primary N) is 1. The molecule has 0 spiro atoms. The van der Waals surface area contributed by atoms with Crippen LogP contribution < -0.4 is 5.73 Å². The average molecular weight is 264 g/mol. The predicted molar refractivity (Wildman–Crippen MR) is 69.5 cm³/mol. The first-order valence-electron chi connectivity index (χ1n) is 5.73. The third kappa shape index (κ3) is 3.30. The quantitative estimate of drug-likeness (QED) is 0.911. The number of aromatic nitrogens is 3. The fourth-order valence-corrected chi connectivity index (χ4v) is 2.35. The molecule has 6 heteroatoms. The molecule has 0 aliphatic rings. The third-order valence-corrected chi connectivity index (χ3v) is 3.30. The molecule has 0 radical (unpaired) electrons. The van der Waals surface area contributed by atoms with Gasteiger partial charge in [-0.3, -0.25) is 0 Å². The summed E-state index contributed by atoms with van der Waals surface area (Å²) < 4.78 is 5.32. The number of pyridine rings is 1. The monoisotopic (exact) mass is 264 g/mol. The topological polar surface area (TPSA) is 77.8 Å². The van der Waals surface area contributed by atoms with Crippen molar-refractivity contribution in [3.05, 3.63) is 29.3 Å². The molecule has 0 bridgehead atoms. The van der Waals surface area contributed by atoms with Gasteiger partial charge in [0.25, 0.3) is 5.22 Å². The Morgan fingerprint density at radius 1 is 1.39 bits per heavy atom. The minimum Gasteiger partial charge on any atom is -0.416 e. The summed E-state index contributed by atoms with van der Waals surface area (Å²) in [6.45, 7) is 5.77. The van der Waals surface area contributed by atoms with Gasteiger partial charge in [-0.15, -0.1) is 10.2 Å². The lowest BCUT2D eigenvalue weighted by Crippen LogP contribution is -2.17. The Hall–Kier alpha value is -1.40. The van der Waals surface area contributed by atoms with Gasteiger partial charge in [-0.2, -0.15) is 0 Å². The summed E-state index contributed by atoms with van der Waals surface area (Å²) in [5, 5.41) is 9.13. The summed E-state index contributed by atoms with van der Waals surface area (Å²) in [6, 6.07) is 2.24. The average Bonchev–Trinajstić information content (AvgIpc) is 2.67. The van der Waals surface area contributed by atoms with Crippen molar-refractivity contribution in [2.75, 3.05) is 0 Å². The number of nitrogens with zero attached hydrogens (tertiary/aromatic N) is 3. The van der Waals surface area contributed by atoms with Gasteiger partial charge in [0.15, 0.2) is 0 Å². The third-order valence-electron chi connectivity index (χ3n) is 2.34. The van der Waals surface area contributed by atoms with Crippen LogP contribution in [0.2, 0.25) is 0 Å². The lowest BCUT2D eigenvalue weighted by Gasteiger charge is -2.07. The van der Waals surface area contributed by atoms with Crippen LogP contribution in [0.4, 0.5) is 0 Å². The molecule has 5 nitrogen and oxygen atoms in total. The maximum Gasteiger partial charge on any atom is 0.282 e. The van der Waals surface area contributed by atoms with Crippen molar-refractivity contribution in [3.8, 4) is 0 Å². The van der Waals surface area contributed by atoms with Gasteiger partial charge < -0.3 is 10.2 Å². The molecule has 0 aliphatic heterocycles. The van der Waals surface area contributed by atoms with Crippen LogP contribution in [-0.4, -0.2) is 21.2 Å². The molecule has 0 amide bonds. The Kier molecular flexibility index (Phi) is 3.98. The lowest BCUT2D eigenvalue weighted by molar-refractivity contribution is 0.429. The second kappa shape index (κ2) is 5.49. The van der Waals surface area contributed by atoms with Crippen LogP contribution in [0.15, 0.2) is 26.9 Å². The lowest BCUT2D eigenvalue weighted by atomic mass is 10.1. The number of aryl methyl sites for hydroxylation is 2. The van der Waals surface area contributed by atoms with E-state index in [-0.39, 0.29) is 6.04 Å².